The third kappa shape index (κ3) is 3.45. The summed E-state index contributed by atoms with van der Waals surface area (Å²) in [5, 5.41) is 2.02. The van der Waals surface area contributed by atoms with E-state index in [2.05, 4.69) is 13.2 Å². The Morgan fingerprint density at radius 1 is 0.562 bits per heavy atom. The van der Waals surface area contributed by atoms with E-state index in [1.54, 1.807) is 24.3 Å². The minimum atomic E-state index is -0.420. The topological polar surface area (TPSA) is 78.1 Å². The zero-order valence-corrected chi connectivity index (χ0v) is 18.1. The van der Waals surface area contributed by atoms with Crippen LogP contribution in [-0.4, -0.2) is 9.13 Å². The van der Waals surface area contributed by atoms with Crippen molar-refractivity contribution in [2.24, 2.45) is 0 Å². The second-order valence-electron chi connectivity index (χ2n) is 8.16. The molecule has 0 amide bonds. The summed E-state index contributed by atoms with van der Waals surface area (Å²) in [4.78, 5) is 53.3. The molecule has 4 heterocycles. The van der Waals surface area contributed by atoms with E-state index in [0.717, 1.165) is 25.7 Å². The number of allylic oxidation sites excluding steroid dienone is 2. The Morgan fingerprint density at radius 2 is 0.875 bits per heavy atom. The van der Waals surface area contributed by atoms with Gasteiger partial charge in [-0.3, -0.25) is 28.3 Å². The fourth-order valence-corrected chi connectivity index (χ4v) is 4.50. The Bertz CT molecular complexity index is 1330. The molecule has 0 aliphatic heterocycles. The average molecular weight is 431 g/mol. The number of nitrogens with zero attached hydrogens (tertiary/aromatic N) is 2. The van der Waals surface area contributed by atoms with Gasteiger partial charge in [-0.1, -0.05) is 12.2 Å². The lowest BCUT2D eigenvalue weighted by Crippen LogP contribution is -2.30. The number of aromatic nitrogens is 2. The molecule has 0 fully saturated rings. The molecule has 0 atom stereocenters. The summed E-state index contributed by atoms with van der Waals surface area (Å²) in [5.41, 5.74) is -1.68. The molecule has 164 valence electrons. The SMILES string of the molecule is C=CCCCCn1c(=O)c2ccc(c1=O)c1c3ccc(c(=O)n(CCCCC=C)c3=O)c21. The lowest BCUT2D eigenvalue weighted by atomic mass is 10.00. The van der Waals surface area contributed by atoms with Gasteiger partial charge in [-0.05, 0) is 62.8 Å². The first kappa shape index (κ1) is 21.7. The molecular formula is C26H26N2O4. The van der Waals surface area contributed by atoms with Crippen molar-refractivity contribution in [1.82, 2.24) is 9.13 Å². The van der Waals surface area contributed by atoms with Gasteiger partial charge in [-0.15, -0.1) is 13.2 Å². The van der Waals surface area contributed by atoms with E-state index in [0.29, 0.717) is 45.2 Å². The normalized spacial score (nSPS) is 11.6. The third-order valence-electron chi connectivity index (χ3n) is 6.14. The molecule has 0 radical (unpaired) electrons. The van der Waals surface area contributed by atoms with E-state index < -0.39 is 22.2 Å². The minimum Gasteiger partial charge on any atom is -0.274 e. The van der Waals surface area contributed by atoms with Gasteiger partial charge in [-0.25, -0.2) is 0 Å². The number of fused-ring (bicyclic) bond motifs is 6. The van der Waals surface area contributed by atoms with Crippen LogP contribution in [0.15, 0.2) is 68.8 Å². The van der Waals surface area contributed by atoms with Crippen LogP contribution in [0.1, 0.15) is 38.5 Å². The minimum absolute atomic E-state index is 0.288. The highest BCUT2D eigenvalue weighted by molar-refractivity contribution is 6.22. The van der Waals surface area contributed by atoms with Crippen molar-refractivity contribution in [3.63, 3.8) is 0 Å². The first-order valence-corrected chi connectivity index (χ1v) is 11.0. The van der Waals surface area contributed by atoms with Gasteiger partial charge in [0.1, 0.15) is 0 Å². The molecule has 6 heteroatoms. The fourth-order valence-electron chi connectivity index (χ4n) is 4.50. The molecule has 32 heavy (non-hydrogen) atoms. The Kier molecular flexibility index (Phi) is 6.04. The van der Waals surface area contributed by atoms with Crippen molar-refractivity contribution in [1.29, 1.82) is 0 Å². The summed E-state index contributed by atoms with van der Waals surface area (Å²) < 4.78 is 2.48. The van der Waals surface area contributed by atoms with Gasteiger partial charge in [0.15, 0.2) is 0 Å². The summed E-state index contributed by atoms with van der Waals surface area (Å²) in [6.07, 6.45) is 8.19. The van der Waals surface area contributed by atoms with Gasteiger partial charge in [-0.2, -0.15) is 0 Å². The molecule has 2 aromatic carbocycles. The molecule has 0 unspecified atom stereocenters. The molecule has 6 aromatic rings. The number of unbranched alkanes of at least 4 members (excludes halogenated alkanes) is 4. The summed E-state index contributed by atoms with van der Waals surface area (Å²) in [6, 6.07) is 6.41. The second kappa shape index (κ2) is 8.91. The molecular weight excluding hydrogens is 404 g/mol. The second-order valence-corrected chi connectivity index (χ2v) is 8.16. The first-order chi connectivity index (χ1) is 15.5. The van der Waals surface area contributed by atoms with Crippen LogP contribution in [-0.2, 0) is 13.1 Å². The Morgan fingerprint density at radius 3 is 1.16 bits per heavy atom. The zero-order valence-electron chi connectivity index (χ0n) is 18.1. The lowest BCUT2D eigenvalue weighted by molar-refractivity contribution is 0.591. The zero-order chi connectivity index (χ0) is 22.8. The van der Waals surface area contributed by atoms with Crippen molar-refractivity contribution >= 4 is 32.3 Å². The molecule has 6 nitrogen and oxygen atoms in total. The molecule has 0 aliphatic rings. The molecule has 4 bridgehead atoms. The molecule has 0 aliphatic carbocycles. The van der Waals surface area contributed by atoms with E-state index in [1.807, 2.05) is 12.2 Å². The maximum atomic E-state index is 13.3. The van der Waals surface area contributed by atoms with Crippen molar-refractivity contribution in [3.05, 3.63) is 91.0 Å². The highest BCUT2D eigenvalue weighted by atomic mass is 16.2. The largest absolute Gasteiger partial charge is 0.274 e. The van der Waals surface area contributed by atoms with Gasteiger partial charge in [0.05, 0.1) is 0 Å². The van der Waals surface area contributed by atoms with Gasteiger partial charge >= 0.3 is 0 Å². The first-order valence-electron chi connectivity index (χ1n) is 11.0. The van der Waals surface area contributed by atoms with Crippen LogP contribution in [0.5, 0.6) is 0 Å². The Hall–Kier alpha value is -3.54. The fraction of sp³-hybridized carbons (Fsp3) is 0.308. The van der Waals surface area contributed by atoms with Gasteiger partial charge in [0, 0.05) is 45.4 Å². The number of rotatable bonds is 10. The summed E-state index contributed by atoms with van der Waals surface area (Å²) in [6.45, 7) is 7.97. The van der Waals surface area contributed by atoms with Gasteiger partial charge < -0.3 is 0 Å². The van der Waals surface area contributed by atoms with Crippen molar-refractivity contribution < 1.29 is 0 Å². The molecule has 0 saturated carbocycles. The van der Waals surface area contributed by atoms with E-state index in [4.69, 9.17) is 0 Å². The van der Waals surface area contributed by atoms with Crippen LogP contribution in [0.2, 0.25) is 0 Å². The number of benzene rings is 2. The molecule has 4 aromatic heterocycles. The monoisotopic (exact) mass is 430 g/mol. The van der Waals surface area contributed by atoms with E-state index in [-0.39, 0.29) is 13.1 Å². The van der Waals surface area contributed by atoms with Crippen LogP contribution >= 0.6 is 0 Å². The van der Waals surface area contributed by atoms with Crippen LogP contribution in [0, 0.1) is 0 Å². The molecule has 0 saturated heterocycles. The molecule has 6 rings (SSSR count). The number of hydrogen-bond donors (Lipinski definition) is 0. The molecule has 0 N–H and O–H groups in total. The maximum Gasteiger partial charge on any atom is 0.261 e. The highest BCUT2D eigenvalue weighted by Crippen LogP contribution is 2.28. The summed E-state index contributed by atoms with van der Waals surface area (Å²) in [7, 11) is 0. The van der Waals surface area contributed by atoms with E-state index in [1.165, 1.54) is 9.13 Å². The van der Waals surface area contributed by atoms with Crippen molar-refractivity contribution in [2.75, 3.05) is 0 Å². The number of hydrogen-bond acceptors (Lipinski definition) is 4. The van der Waals surface area contributed by atoms with Gasteiger partial charge in [0.25, 0.3) is 22.2 Å². The standard InChI is InChI=1S/C26H26N2O4/c1-3-5-7-9-15-27-23(29)17-11-12-18(24(27)30)22-20-14-13-19(21(17)22)25(31)28(26(20)32)16-10-8-6-4-2/h3-4,11-14H,1-2,5-10,15-16H2. The smallest absolute Gasteiger partial charge is 0.261 e. The van der Waals surface area contributed by atoms with Crippen molar-refractivity contribution in [3.8, 4) is 0 Å². The molecule has 0 spiro atoms. The lowest BCUT2D eigenvalue weighted by Gasteiger charge is -2.01. The van der Waals surface area contributed by atoms with E-state index >= 15 is 0 Å². The van der Waals surface area contributed by atoms with Crippen LogP contribution < -0.4 is 22.2 Å². The summed E-state index contributed by atoms with van der Waals surface area (Å²) >= 11 is 0. The highest BCUT2D eigenvalue weighted by Gasteiger charge is 2.20. The Balaban J connectivity index is 2.02. The predicted octanol–water partition coefficient (Wildman–Crippen LogP) is 3.78. The van der Waals surface area contributed by atoms with Crippen LogP contribution in [0.4, 0.5) is 0 Å². The van der Waals surface area contributed by atoms with Gasteiger partial charge in [0.2, 0.25) is 0 Å². The predicted molar refractivity (Wildman–Crippen MR) is 130 cm³/mol. The maximum absolute atomic E-state index is 13.3. The Labute approximate surface area is 184 Å². The summed E-state index contributed by atoms with van der Waals surface area (Å²) in [5.74, 6) is 0. The third-order valence-corrected chi connectivity index (χ3v) is 6.14. The average Bonchev–Trinajstić information content (AvgIpc) is 3.07. The quantitative estimate of drug-likeness (QED) is 0.283. The van der Waals surface area contributed by atoms with Crippen LogP contribution in [0.25, 0.3) is 32.3 Å². The van der Waals surface area contributed by atoms with E-state index in [9.17, 15) is 19.2 Å². The van der Waals surface area contributed by atoms with Crippen molar-refractivity contribution in [2.45, 2.75) is 51.6 Å². The van der Waals surface area contributed by atoms with Crippen LogP contribution in [0.3, 0.4) is 0 Å².